The molecule has 0 amide bonds. The SMILES string of the molecule is CN.O=Cc1ccc(Oc2ccc(Nc3nc(=O)c([N-]C4CCOCC4)cn3Cc3ccc(Cl)cc3)cc2)nc1.[K+]. The summed E-state index contributed by atoms with van der Waals surface area (Å²) in [7, 11) is 1.50. The van der Waals surface area contributed by atoms with Gasteiger partial charge in [-0.15, -0.1) is 6.04 Å². The van der Waals surface area contributed by atoms with Gasteiger partial charge in [0.1, 0.15) is 5.75 Å². The number of nitrogens with one attached hydrogen (secondary N) is 1. The van der Waals surface area contributed by atoms with Crippen LogP contribution in [0.4, 0.5) is 17.3 Å². The van der Waals surface area contributed by atoms with Crippen molar-refractivity contribution in [1.29, 1.82) is 0 Å². The van der Waals surface area contributed by atoms with Crippen molar-refractivity contribution in [3.63, 3.8) is 0 Å². The van der Waals surface area contributed by atoms with E-state index in [4.69, 9.17) is 21.1 Å². The zero-order valence-electron chi connectivity index (χ0n) is 23.0. The second-order valence-electron chi connectivity index (χ2n) is 8.78. The summed E-state index contributed by atoms with van der Waals surface area (Å²) in [5.74, 6) is 1.33. The van der Waals surface area contributed by atoms with Gasteiger partial charge in [0.2, 0.25) is 11.8 Å². The van der Waals surface area contributed by atoms with Crippen LogP contribution in [0.25, 0.3) is 5.32 Å². The minimum atomic E-state index is -0.392. The van der Waals surface area contributed by atoms with E-state index in [-0.39, 0.29) is 57.4 Å². The fraction of sp³-hybridized carbons (Fsp3) is 0.241. The van der Waals surface area contributed by atoms with E-state index in [1.165, 1.54) is 13.2 Å². The molecule has 0 atom stereocenters. The summed E-state index contributed by atoms with van der Waals surface area (Å²) < 4.78 is 13.0. The average molecular weight is 601 g/mol. The molecule has 0 saturated carbocycles. The molecule has 0 bridgehead atoms. The van der Waals surface area contributed by atoms with E-state index < -0.39 is 5.56 Å². The summed E-state index contributed by atoms with van der Waals surface area (Å²) in [4.78, 5) is 32.1. The van der Waals surface area contributed by atoms with Crippen LogP contribution >= 0.6 is 11.6 Å². The Hall–Kier alpha value is -2.61. The van der Waals surface area contributed by atoms with E-state index in [0.717, 1.165) is 24.7 Å². The van der Waals surface area contributed by atoms with Crippen LogP contribution in [-0.4, -0.2) is 47.1 Å². The molecule has 0 radical (unpaired) electrons. The first-order valence-electron chi connectivity index (χ1n) is 12.7. The molecule has 10 nitrogen and oxygen atoms in total. The number of rotatable bonds is 9. The molecule has 1 aliphatic heterocycles. The number of nitrogens with zero attached hydrogens (tertiary/aromatic N) is 4. The molecule has 12 heteroatoms. The number of carbonyl (C=O) groups excluding carboxylic acids is 1. The second-order valence-corrected chi connectivity index (χ2v) is 9.22. The van der Waals surface area contributed by atoms with Gasteiger partial charge in [-0.3, -0.25) is 9.59 Å². The number of hydrogen-bond donors (Lipinski definition) is 2. The molecule has 4 aromatic rings. The Morgan fingerprint density at radius 2 is 1.80 bits per heavy atom. The summed E-state index contributed by atoms with van der Waals surface area (Å²) in [5.41, 5.74) is 6.62. The number of nitrogens with two attached hydrogens (primary N) is 1. The van der Waals surface area contributed by atoms with Gasteiger partial charge >= 0.3 is 51.4 Å². The molecule has 2 aromatic carbocycles. The number of aldehydes is 1. The maximum atomic E-state index is 12.9. The molecule has 0 unspecified atom stereocenters. The molecule has 0 spiro atoms. The van der Waals surface area contributed by atoms with E-state index in [0.29, 0.717) is 59.3 Å². The first-order chi connectivity index (χ1) is 19.6. The number of aromatic nitrogens is 3. The summed E-state index contributed by atoms with van der Waals surface area (Å²) in [6.07, 6.45) is 5.47. The van der Waals surface area contributed by atoms with Gasteiger partial charge in [-0.1, -0.05) is 29.4 Å². The van der Waals surface area contributed by atoms with Gasteiger partial charge in [0.15, 0.2) is 6.29 Å². The van der Waals surface area contributed by atoms with Crippen molar-refractivity contribution < 1.29 is 65.7 Å². The monoisotopic (exact) mass is 600 g/mol. The zero-order chi connectivity index (χ0) is 28.3. The number of hydrogen-bond acceptors (Lipinski definition) is 8. The van der Waals surface area contributed by atoms with Crippen molar-refractivity contribution in [1.82, 2.24) is 14.5 Å². The van der Waals surface area contributed by atoms with Crippen LogP contribution in [0, 0.1) is 0 Å². The van der Waals surface area contributed by atoms with Crippen LogP contribution < -0.4 is 72.7 Å². The molecule has 41 heavy (non-hydrogen) atoms. The number of halogens is 1. The predicted octanol–water partition coefficient (Wildman–Crippen LogP) is 2.45. The van der Waals surface area contributed by atoms with Crippen LogP contribution in [0.3, 0.4) is 0 Å². The second kappa shape index (κ2) is 16.7. The minimum Gasteiger partial charge on any atom is -0.676 e. The van der Waals surface area contributed by atoms with Crippen molar-refractivity contribution in [3.05, 3.63) is 105 Å². The fourth-order valence-electron chi connectivity index (χ4n) is 3.97. The van der Waals surface area contributed by atoms with Crippen molar-refractivity contribution in [2.45, 2.75) is 25.4 Å². The van der Waals surface area contributed by atoms with Crippen LogP contribution in [-0.2, 0) is 11.3 Å². The van der Waals surface area contributed by atoms with E-state index in [1.807, 2.05) is 41.0 Å². The normalized spacial score (nSPS) is 12.8. The number of carbonyl (C=O) groups is 1. The van der Waals surface area contributed by atoms with Gasteiger partial charge in [0.25, 0.3) is 5.56 Å². The van der Waals surface area contributed by atoms with E-state index in [9.17, 15) is 9.59 Å². The maximum absolute atomic E-state index is 12.9. The molecule has 3 N–H and O–H groups in total. The third-order valence-electron chi connectivity index (χ3n) is 5.98. The van der Waals surface area contributed by atoms with Crippen molar-refractivity contribution in [2.24, 2.45) is 5.73 Å². The average Bonchev–Trinajstić information content (AvgIpc) is 2.99. The quantitative estimate of drug-likeness (QED) is 0.221. The molecule has 0 aliphatic carbocycles. The molecule has 208 valence electrons. The van der Waals surface area contributed by atoms with Crippen molar-refractivity contribution in [2.75, 3.05) is 25.6 Å². The first-order valence-corrected chi connectivity index (χ1v) is 13.1. The molecule has 1 aliphatic rings. The number of pyridine rings is 1. The van der Waals surface area contributed by atoms with Gasteiger partial charge in [-0.05, 0) is 74.1 Å². The van der Waals surface area contributed by atoms with Gasteiger partial charge < -0.3 is 30.4 Å². The summed E-state index contributed by atoms with van der Waals surface area (Å²) in [5, 5.41) is 8.56. The Kier molecular flexibility index (Phi) is 13.4. The molecular weight excluding hydrogens is 571 g/mol. The number of benzene rings is 2. The molecular formula is C29H30ClKN6O4. The standard InChI is InChI=1S/C28H25ClN5O4.CH5N.K/c29-21-4-1-19(2-5-21)16-34-17-25(31-23-11-13-37-14-12-23)27(36)33-28(34)32-22-6-8-24(9-7-22)38-26-10-3-20(18-35)15-30-26;1-2;/h1-10,15,17-18,23H,11-14,16H2,(H,32,33,36);2H2,1H3;/q-1;;+1. The van der Waals surface area contributed by atoms with Crippen LogP contribution in [0.15, 0.2) is 77.9 Å². The van der Waals surface area contributed by atoms with Gasteiger partial charge in [-0.25, -0.2) is 4.98 Å². The largest absolute Gasteiger partial charge is 1.00 e. The Bertz CT molecular complexity index is 1440. The van der Waals surface area contributed by atoms with E-state index in [2.05, 4.69) is 26.3 Å². The third-order valence-corrected chi connectivity index (χ3v) is 6.24. The van der Waals surface area contributed by atoms with Gasteiger partial charge in [0.05, 0.1) is 6.54 Å². The minimum absolute atomic E-state index is 0. The summed E-state index contributed by atoms with van der Waals surface area (Å²) in [6.45, 7) is 1.74. The van der Waals surface area contributed by atoms with Crippen molar-refractivity contribution in [3.8, 4) is 11.6 Å². The van der Waals surface area contributed by atoms with Crippen LogP contribution in [0.1, 0.15) is 28.8 Å². The van der Waals surface area contributed by atoms with Crippen LogP contribution in [0.2, 0.25) is 5.02 Å². The molecule has 5 rings (SSSR count). The first kappa shape index (κ1) is 32.9. The Morgan fingerprint density at radius 3 is 2.44 bits per heavy atom. The van der Waals surface area contributed by atoms with Gasteiger partial charge in [-0.2, -0.15) is 4.98 Å². The molecule has 3 heterocycles. The Labute approximate surface area is 286 Å². The smallest absolute Gasteiger partial charge is 0.676 e. The predicted molar refractivity (Wildman–Crippen MR) is 155 cm³/mol. The third kappa shape index (κ3) is 9.72. The van der Waals surface area contributed by atoms with E-state index in [1.54, 1.807) is 30.5 Å². The zero-order valence-corrected chi connectivity index (χ0v) is 26.9. The van der Waals surface area contributed by atoms with E-state index >= 15 is 0 Å². The molecule has 1 saturated heterocycles. The number of anilines is 2. The summed E-state index contributed by atoms with van der Waals surface area (Å²) in [6, 6.07) is 18.0. The fourth-order valence-corrected chi connectivity index (χ4v) is 4.09. The summed E-state index contributed by atoms with van der Waals surface area (Å²) >= 11 is 6.06. The topological polar surface area (TPSA) is 135 Å². The van der Waals surface area contributed by atoms with Crippen LogP contribution in [0.5, 0.6) is 11.6 Å². The van der Waals surface area contributed by atoms with Gasteiger partial charge in [0, 0.05) is 41.8 Å². The maximum Gasteiger partial charge on any atom is 1.00 e. The Balaban J connectivity index is 0.00000151. The molecule has 2 aromatic heterocycles. The Morgan fingerprint density at radius 1 is 1.10 bits per heavy atom. The number of ether oxygens (including phenoxy) is 2. The van der Waals surface area contributed by atoms with Crippen molar-refractivity contribution >= 4 is 35.2 Å². The molecule has 1 fully saturated rings.